The van der Waals surface area contributed by atoms with E-state index in [4.69, 9.17) is 5.73 Å². The van der Waals surface area contributed by atoms with Gasteiger partial charge in [0.1, 0.15) is 5.69 Å². The Morgan fingerprint density at radius 2 is 1.72 bits per heavy atom. The monoisotopic (exact) mass is 490 g/mol. The number of aromatic nitrogens is 2. The first-order valence-electron chi connectivity index (χ1n) is 12.5. The second-order valence-electron chi connectivity index (χ2n) is 10.1. The standard InChI is InChI=1S/C28H34N4O4/c1-18-11-13-28(36,14-12-18)20(26(29)34)16-25(33)23(15-19-7-3-2-4-8-19)32-27(35)24-17-30-21-9-5-6-10-22(21)31-24/h2-10,17-18,20,23,25,33,36H,11-16H2,1H3,(H2,29,34)(H,32,35)/t18?,20-,23+,25+,28?/m1/s1. The number of para-hydroxylation sites is 2. The van der Waals surface area contributed by atoms with Gasteiger partial charge in [-0.25, -0.2) is 4.98 Å². The first-order chi connectivity index (χ1) is 17.2. The van der Waals surface area contributed by atoms with Gasteiger partial charge < -0.3 is 21.3 Å². The summed E-state index contributed by atoms with van der Waals surface area (Å²) in [6.45, 7) is 2.12. The van der Waals surface area contributed by atoms with Gasteiger partial charge in [0.25, 0.3) is 5.91 Å². The van der Waals surface area contributed by atoms with Gasteiger partial charge in [0.2, 0.25) is 5.91 Å². The third-order valence-electron chi connectivity index (χ3n) is 7.37. The smallest absolute Gasteiger partial charge is 0.271 e. The molecule has 1 heterocycles. The van der Waals surface area contributed by atoms with Crippen LogP contribution in [0.5, 0.6) is 0 Å². The van der Waals surface area contributed by atoms with Crippen LogP contribution >= 0.6 is 0 Å². The second kappa shape index (κ2) is 11.1. The topological polar surface area (TPSA) is 138 Å². The SMILES string of the molecule is CC1CCC(O)([C@H](C[C@H](O)[C@H](Cc2ccccc2)NC(=O)c2cnc3ccccc3n2)C(N)=O)CC1. The van der Waals surface area contributed by atoms with E-state index in [1.165, 1.54) is 6.20 Å². The number of fused-ring (bicyclic) bond motifs is 1. The Morgan fingerprint density at radius 3 is 2.39 bits per heavy atom. The number of hydrogen-bond acceptors (Lipinski definition) is 6. The van der Waals surface area contributed by atoms with Gasteiger partial charge in [-0.1, -0.05) is 49.4 Å². The Morgan fingerprint density at radius 1 is 1.08 bits per heavy atom. The lowest BCUT2D eigenvalue weighted by Gasteiger charge is -2.41. The van der Waals surface area contributed by atoms with Gasteiger partial charge >= 0.3 is 0 Å². The summed E-state index contributed by atoms with van der Waals surface area (Å²) >= 11 is 0. The zero-order valence-electron chi connectivity index (χ0n) is 20.5. The van der Waals surface area contributed by atoms with Crippen molar-refractivity contribution in [1.82, 2.24) is 15.3 Å². The number of benzene rings is 2. The van der Waals surface area contributed by atoms with Crippen LogP contribution in [0.25, 0.3) is 11.0 Å². The lowest BCUT2D eigenvalue weighted by Crippen LogP contribution is -2.52. The highest BCUT2D eigenvalue weighted by Crippen LogP contribution is 2.39. The predicted octanol–water partition coefficient (Wildman–Crippen LogP) is 2.76. The number of primary amides is 1. The maximum absolute atomic E-state index is 13.1. The highest BCUT2D eigenvalue weighted by molar-refractivity contribution is 5.94. The maximum atomic E-state index is 13.1. The van der Waals surface area contributed by atoms with Crippen molar-refractivity contribution >= 4 is 22.8 Å². The van der Waals surface area contributed by atoms with Gasteiger partial charge in [-0.15, -0.1) is 0 Å². The van der Waals surface area contributed by atoms with Crippen LogP contribution in [-0.2, 0) is 11.2 Å². The van der Waals surface area contributed by atoms with Crippen molar-refractivity contribution in [2.45, 2.75) is 63.2 Å². The molecule has 0 bridgehead atoms. The third kappa shape index (κ3) is 6.06. The third-order valence-corrected chi connectivity index (χ3v) is 7.37. The highest BCUT2D eigenvalue weighted by atomic mass is 16.3. The Bertz CT molecular complexity index is 1190. The quantitative estimate of drug-likeness (QED) is 0.364. The van der Waals surface area contributed by atoms with Crippen molar-refractivity contribution in [3.63, 3.8) is 0 Å². The first-order valence-corrected chi connectivity index (χ1v) is 12.5. The molecule has 4 rings (SSSR count). The molecule has 0 spiro atoms. The maximum Gasteiger partial charge on any atom is 0.271 e. The molecule has 190 valence electrons. The van der Waals surface area contributed by atoms with Crippen molar-refractivity contribution in [2.75, 3.05) is 0 Å². The number of nitrogens with two attached hydrogens (primary N) is 1. The minimum absolute atomic E-state index is 0.0542. The zero-order valence-corrected chi connectivity index (χ0v) is 20.5. The molecule has 1 saturated carbocycles. The fourth-order valence-corrected chi connectivity index (χ4v) is 5.08. The second-order valence-corrected chi connectivity index (χ2v) is 10.1. The molecule has 1 aliphatic carbocycles. The summed E-state index contributed by atoms with van der Waals surface area (Å²) in [7, 11) is 0. The van der Waals surface area contributed by atoms with E-state index in [-0.39, 0.29) is 12.1 Å². The summed E-state index contributed by atoms with van der Waals surface area (Å²) in [6, 6.07) is 16.0. The molecule has 0 aliphatic heterocycles. The van der Waals surface area contributed by atoms with Crippen molar-refractivity contribution in [2.24, 2.45) is 17.6 Å². The lowest BCUT2D eigenvalue weighted by atomic mass is 9.70. The van der Waals surface area contributed by atoms with Gasteiger partial charge in [0.15, 0.2) is 0 Å². The van der Waals surface area contributed by atoms with Crippen LogP contribution in [0, 0.1) is 11.8 Å². The molecule has 2 aromatic carbocycles. The Kier molecular flexibility index (Phi) is 7.96. The molecule has 36 heavy (non-hydrogen) atoms. The summed E-state index contributed by atoms with van der Waals surface area (Å²) in [5, 5.41) is 25.5. The largest absolute Gasteiger partial charge is 0.391 e. The van der Waals surface area contributed by atoms with Crippen LogP contribution in [0.2, 0.25) is 0 Å². The Labute approximate surface area is 211 Å². The summed E-state index contributed by atoms with van der Waals surface area (Å²) in [5.41, 5.74) is 6.76. The molecule has 3 atom stereocenters. The van der Waals surface area contributed by atoms with Crippen molar-refractivity contribution in [3.05, 3.63) is 72.1 Å². The predicted molar refractivity (Wildman–Crippen MR) is 137 cm³/mol. The molecular weight excluding hydrogens is 456 g/mol. The number of carbonyl (C=O) groups excluding carboxylic acids is 2. The summed E-state index contributed by atoms with van der Waals surface area (Å²) < 4.78 is 0. The minimum Gasteiger partial charge on any atom is -0.391 e. The number of aliphatic hydroxyl groups is 2. The minimum atomic E-state index is -1.26. The molecule has 0 radical (unpaired) electrons. The molecule has 8 heteroatoms. The number of hydrogen-bond donors (Lipinski definition) is 4. The number of carbonyl (C=O) groups is 2. The summed E-state index contributed by atoms with van der Waals surface area (Å²) in [5.74, 6) is -1.57. The van der Waals surface area contributed by atoms with Crippen LogP contribution in [0.4, 0.5) is 0 Å². The van der Waals surface area contributed by atoms with Crippen LogP contribution in [0.3, 0.4) is 0 Å². The number of amides is 2. The fourth-order valence-electron chi connectivity index (χ4n) is 5.08. The van der Waals surface area contributed by atoms with Crippen LogP contribution < -0.4 is 11.1 Å². The lowest BCUT2D eigenvalue weighted by molar-refractivity contribution is -0.138. The average Bonchev–Trinajstić information content (AvgIpc) is 2.88. The van der Waals surface area contributed by atoms with Gasteiger partial charge in [-0.2, -0.15) is 0 Å². The molecule has 0 unspecified atom stereocenters. The van der Waals surface area contributed by atoms with Crippen molar-refractivity contribution in [1.29, 1.82) is 0 Å². The number of aliphatic hydroxyl groups excluding tert-OH is 1. The zero-order chi connectivity index (χ0) is 25.7. The van der Waals surface area contributed by atoms with E-state index in [2.05, 4.69) is 22.2 Å². The van der Waals surface area contributed by atoms with E-state index < -0.39 is 35.5 Å². The molecule has 8 nitrogen and oxygen atoms in total. The van der Waals surface area contributed by atoms with Crippen molar-refractivity contribution < 1.29 is 19.8 Å². The van der Waals surface area contributed by atoms with Crippen LogP contribution in [-0.4, -0.2) is 49.7 Å². The fraction of sp³-hybridized carbons (Fsp3) is 0.429. The van der Waals surface area contributed by atoms with Gasteiger partial charge in [0, 0.05) is 0 Å². The molecule has 3 aromatic rings. The number of rotatable bonds is 9. The van der Waals surface area contributed by atoms with Gasteiger partial charge in [0.05, 0.1) is 40.9 Å². The van der Waals surface area contributed by atoms with Crippen LogP contribution in [0.1, 0.15) is 55.1 Å². The van der Waals surface area contributed by atoms with Gasteiger partial charge in [-0.3, -0.25) is 14.6 Å². The van der Waals surface area contributed by atoms with E-state index in [1.54, 1.807) is 6.07 Å². The van der Waals surface area contributed by atoms with E-state index in [0.717, 1.165) is 18.4 Å². The number of nitrogens with one attached hydrogen (secondary N) is 1. The van der Waals surface area contributed by atoms with Crippen LogP contribution in [0.15, 0.2) is 60.8 Å². The molecular formula is C28H34N4O4. The Hall–Kier alpha value is -3.36. The molecule has 1 fully saturated rings. The van der Waals surface area contributed by atoms with Gasteiger partial charge in [-0.05, 0) is 62.1 Å². The molecule has 1 aromatic heterocycles. The normalized spacial score (nSPS) is 22.5. The van der Waals surface area contributed by atoms with E-state index >= 15 is 0 Å². The molecule has 1 aliphatic rings. The van der Waals surface area contributed by atoms with E-state index in [0.29, 0.717) is 36.2 Å². The Balaban J connectivity index is 1.55. The summed E-state index contributed by atoms with van der Waals surface area (Å²) in [4.78, 5) is 34.3. The highest BCUT2D eigenvalue weighted by Gasteiger charge is 2.44. The summed E-state index contributed by atoms with van der Waals surface area (Å²) in [6.07, 6.45) is 3.05. The molecule has 0 saturated heterocycles. The first kappa shape index (κ1) is 25.7. The molecule has 2 amide bonds. The average molecular weight is 491 g/mol. The number of nitrogens with zero attached hydrogens (tertiary/aromatic N) is 2. The van der Waals surface area contributed by atoms with Crippen molar-refractivity contribution in [3.8, 4) is 0 Å². The van der Waals surface area contributed by atoms with E-state index in [9.17, 15) is 19.8 Å². The molecule has 5 N–H and O–H groups in total. The van der Waals surface area contributed by atoms with E-state index in [1.807, 2.05) is 48.5 Å².